The molecular weight excluding hydrogens is 230 g/mol. The first kappa shape index (κ1) is 8.88. The molecule has 0 aliphatic rings. The van der Waals surface area contributed by atoms with Gasteiger partial charge in [0.1, 0.15) is 5.82 Å². The van der Waals surface area contributed by atoms with Crippen molar-refractivity contribution in [2.75, 3.05) is 0 Å². The summed E-state index contributed by atoms with van der Waals surface area (Å²) >= 11 is 7.66. The van der Waals surface area contributed by atoms with E-state index in [4.69, 9.17) is 11.6 Å². The fraction of sp³-hybridized carbons (Fsp3) is 0. The summed E-state index contributed by atoms with van der Waals surface area (Å²) in [6.07, 6.45) is 5.24. The third kappa shape index (κ3) is 1.42. The predicted octanol–water partition coefficient (Wildman–Crippen LogP) is 3.34. The molecule has 0 bridgehead atoms. The van der Waals surface area contributed by atoms with Crippen LogP contribution in [0.3, 0.4) is 0 Å². The van der Waals surface area contributed by atoms with Gasteiger partial charge in [0.25, 0.3) is 0 Å². The zero-order valence-electron chi connectivity index (χ0n) is 7.57. The number of thiophene rings is 1. The van der Waals surface area contributed by atoms with Crippen LogP contribution in [0.25, 0.3) is 20.9 Å². The van der Waals surface area contributed by atoms with Crippen LogP contribution < -0.4 is 0 Å². The average Bonchev–Trinajstić information content (AvgIpc) is 2.86. The molecule has 5 heteroatoms. The van der Waals surface area contributed by atoms with E-state index in [2.05, 4.69) is 15.0 Å². The maximum atomic E-state index is 6.07. The molecule has 3 aromatic rings. The zero-order valence-corrected chi connectivity index (χ0v) is 9.14. The topological polar surface area (TPSA) is 41.6 Å². The molecule has 0 saturated heterocycles. The van der Waals surface area contributed by atoms with Gasteiger partial charge in [-0.25, -0.2) is 4.98 Å². The van der Waals surface area contributed by atoms with Crippen molar-refractivity contribution in [1.29, 1.82) is 0 Å². The number of rotatable bonds is 1. The first-order chi connectivity index (χ1) is 7.34. The number of hydrogen-bond acceptors (Lipinski definition) is 3. The highest BCUT2D eigenvalue weighted by Gasteiger charge is 2.08. The van der Waals surface area contributed by atoms with Crippen molar-refractivity contribution >= 4 is 33.2 Å². The fourth-order valence-corrected chi connectivity index (χ4v) is 2.67. The zero-order chi connectivity index (χ0) is 10.3. The molecule has 0 radical (unpaired) electrons. The molecule has 0 aromatic carbocycles. The van der Waals surface area contributed by atoms with Gasteiger partial charge in [-0.2, -0.15) is 0 Å². The van der Waals surface area contributed by atoms with Crippen molar-refractivity contribution < 1.29 is 0 Å². The molecule has 3 rings (SSSR count). The first-order valence-corrected chi connectivity index (χ1v) is 5.58. The van der Waals surface area contributed by atoms with Gasteiger partial charge in [0.05, 0.1) is 20.1 Å². The highest BCUT2D eigenvalue weighted by Crippen LogP contribution is 2.34. The van der Waals surface area contributed by atoms with Gasteiger partial charge < -0.3 is 4.98 Å². The second kappa shape index (κ2) is 3.32. The monoisotopic (exact) mass is 235 g/mol. The van der Waals surface area contributed by atoms with Gasteiger partial charge in [0, 0.05) is 18.6 Å². The Hall–Kier alpha value is -1.39. The van der Waals surface area contributed by atoms with Crippen molar-refractivity contribution in [2.45, 2.75) is 0 Å². The van der Waals surface area contributed by atoms with E-state index in [9.17, 15) is 0 Å². The number of aromatic nitrogens is 3. The van der Waals surface area contributed by atoms with Crippen molar-refractivity contribution in [3.63, 3.8) is 0 Å². The normalized spacial score (nSPS) is 11.0. The van der Waals surface area contributed by atoms with Crippen molar-refractivity contribution in [3.05, 3.63) is 35.7 Å². The molecule has 1 N–H and O–H groups in total. The molecule has 15 heavy (non-hydrogen) atoms. The maximum Gasteiger partial charge on any atom is 0.147 e. The van der Waals surface area contributed by atoms with Gasteiger partial charge in [0.15, 0.2) is 0 Å². The number of imidazole rings is 1. The lowest BCUT2D eigenvalue weighted by Crippen LogP contribution is -1.72. The van der Waals surface area contributed by atoms with Gasteiger partial charge in [-0.05, 0) is 12.1 Å². The predicted molar refractivity (Wildman–Crippen MR) is 62.2 cm³/mol. The second-order valence-electron chi connectivity index (χ2n) is 3.06. The first-order valence-electron chi connectivity index (χ1n) is 4.38. The summed E-state index contributed by atoms with van der Waals surface area (Å²) in [5.74, 6) is 0.856. The van der Waals surface area contributed by atoms with E-state index in [1.165, 1.54) is 0 Å². The van der Waals surface area contributed by atoms with Crippen LogP contribution in [0.15, 0.2) is 30.7 Å². The van der Waals surface area contributed by atoms with Crippen molar-refractivity contribution in [1.82, 2.24) is 15.0 Å². The number of fused-ring (bicyclic) bond motifs is 1. The molecule has 0 amide bonds. The maximum absolute atomic E-state index is 6.07. The third-order valence-corrected chi connectivity index (χ3v) is 3.69. The lowest BCUT2D eigenvalue weighted by Gasteiger charge is -1.88. The summed E-state index contributed by atoms with van der Waals surface area (Å²) in [5.41, 5.74) is 0.916. The largest absolute Gasteiger partial charge is 0.344 e. The summed E-state index contributed by atoms with van der Waals surface area (Å²) < 4.78 is 1.01. The van der Waals surface area contributed by atoms with E-state index in [1.54, 1.807) is 36.0 Å². The average molecular weight is 236 g/mol. The number of halogens is 1. The Labute approximate surface area is 94.8 Å². The number of nitrogens with one attached hydrogen (secondary N) is 1. The molecule has 0 spiro atoms. The molecule has 0 atom stereocenters. The van der Waals surface area contributed by atoms with Gasteiger partial charge in [-0.15, -0.1) is 11.3 Å². The smallest absolute Gasteiger partial charge is 0.147 e. The summed E-state index contributed by atoms with van der Waals surface area (Å²) in [4.78, 5) is 12.6. The summed E-state index contributed by atoms with van der Waals surface area (Å²) in [7, 11) is 0. The van der Waals surface area contributed by atoms with Crippen LogP contribution in [0, 0.1) is 0 Å². The lowest BCUT2D eigenvalue weighted by molar-refractivity contribution is 1.33. The van der Waals surface area contributed by atoms with Crippen LogP contribution in [0.2, 0.25) is 5.02 Å². The second-order valence-corrected chi connectivity index (χ2v) is 4.51. The Morgan fingerprint density at radius 2 is 2.20 bits per heavy atom. The minimum atomic E-state index is 0.739. The minimum absolute atomic E-state index is 0.739. The molecular formula is C10H6ClN3S. The molecule has 0 saturated carbocycles. The van der Waals surface area contributed by atoms with Gasteiger partial charge in [-0.3, -0.25) is 4.98 Å². The highest BCUT2D eigenvalue weighted by atomic mass is 35.5. The molecule has 3 heterocycles. The Morgan fingerprint density at radius 1 is 1.27 bits per heavy atom. The van der Waals surface area contributed by atoms with Crippen molar-refractivity contribution in [2.24, 2.45) is 0 Å². The number of hydrogen-bond donors (Lipinski definition) is 1. The minimum Gasteiger partial charge on any atom is -0.344 e. The molecule has 74 valence electrons. The van der Waals surface area contributed by atoms with E-state index >= 15 is 0 Å². The van der Waals surface area contributed by atoms with Gasteiger partial charge in [-0.1, -0.05) is 11.6 Å². The lowest BCUT2D eigenvalue weighted by atomic mass is 10.3. The van der Waals surface area contributed by atoms with Gasteiger partial charge >= 0.3 is 0 Å². The SMILES string of the molecule is Clc1ccnc2cc(-c3ncc[nH]3)sc12. The number of nitrogens with zero attached hydrogens (tertiary/aromatic N) is 2. The van der Waals surface area contributed by atoms with Gasteiger partial charge in [0.2, 0.25) is 0 Å². The summed E-state index contributed by atoms with van der Waals surface area (Å²) in [5, 5.41) is 0.739. The van der Waals surface area contributed by atoms with Crippen LogP contribution in [0.5, 0.6) is 0 Å². The number of aromatic amines is 1. The Bertz CT molecular complexity index is 600. The van der Waals surface area contributed by atoms with E-state index in [0.29, 0.717) is 0 Å². The summed E-state index contributed by atoms with van der Waals surface area (Å²) in [6, 6.07) is 3.79. The molecule has 0 aliphatic heterocycles. The van der Waals surface area contributed by atoms with E-state index in [0.717, 1.165) is 25.9 Å². The molecule has 0 fully saturated rings. The van der Waals surface area contributed by atoms with Crippen LogP contribution in [0.1, 0.15) is 0 Å². The van der Waals surface area contributed by atoms with E-state index in [-0.39, 0.29) is 0 Å². The number of pyridine rings is 1. The standard InChI is InChI=1S/C10H6ClN3S/c11-6-1-2-12-7-5-8(15-9(6)7)10-13-3-4-14-10/h1-5H,(H,13,14). The van der Waals surface area contributed by atoms with Crippen LogP contribution >= 0.6 is 22.9 Å². The number of H-pyrrole nitrogens is 1. The van der Waals surface area contributed by atoms with Crippen LogP contribution in [-0.2, 0) is 0 Å². The molecule has 3 aromatic heterocycles. The Balaban J connectivity index is 2.27. The third-order valence-electron chi connectivity index (χ3n) is 2.10. The molecule has 0 aliphatic carbocycles. The Morgan fingerprint density at radius 3 is 2.93 bits per heavy atom. The molecule has 0 unspecified atom stereocenters. The van der Waals surface area contributed by atoms with Crippen LogP contribution in [0.4, 0.5) is 0 Å². The summed E-state index contributed by atoms with van der Waals surface area (Å²) in [6.45, 7) is 0. The van der Waals surface area contributed by atoms with Crippen molar-refractivity contribution in [3.8, 4) is 10.7 Å². The van der Waals surface area contributed by atoms with E-state index in [1.807, 2.05) is 6.07 Å². The molecule has 3 nitrogen and oxygen atoms in total. The Kier molecular flexibility index (Phi) is 1.97. The highest BCUT2D eigenvalue weighted by molar-refractivity contribution is 7.22. The fourth-order valence-electron chi connectivity index (χ4n) is 1.42. The van der Waals surface area contributed by atoms with E-state index < -0.39 is 0 Å². The van der Waals surface area contributed by atoms with Crippen LogP contribution in [-0.4, -0.2) is 15.0 Å². The quantitative estimate of drug-likeness (QED) is 0.703.